The van der Waals surface area contributed by atoms with Crippen molar-refractivity contribution in [2.45, 2.75) is 6.61 Å². The van der Waals surface area contributed by atoms with E-state index in [0.717, 1.165) is 10.0 Å². The van der Waals surface area contributed by atoms with Crippen LogP contribution in [0, 0.1) is 5.82 Å². The van der Waals surface area contributed by atoms with Crippen LogP contribution >= 0.6 is 15.9 Å². The summed E-state index contributed by atoms with van der Waals surface area (Å²) in [5, 5.41) is 8.82. The van der Waals surface area contributed by atoms with E-state index in [4.69, 9.17) is 14.4 Å². The van der Waals surface area contributed by atoms with Crippen LogP contribution in [-0.2, 0) is 6.61 Å². The van der Waals surface area contributed by atoms with E-state index < -0.39 is 7.69 Å². The Hall–Kier alpha value is -1.53. The Balaban J connectivity index is 2.12. The van der Waals surface area contributed by atoms with Crippen molar-refractivity contribution in [3.63, 3.8) is 0 Å². The molecule has 2 aromatic rings. The maximum Gasteiger partial charge on any atom is 0.504 e. The average Bonchev–Trinajstić information content (AvgIpc) is 2.40. The molecule has 6 heteroatoms. The second-order valence-corrected chi connectivity index (χ2v) is 4.61. The van der Waals surface area contributed by atoms with Crippen LogP contribution in [0.4, 0.5) is 4.39 Å². The minimum atomic E-state index is -0.427. The lowest BCUT2D eigenvalue weighted by molar-refractivity contribution is 0.292. The molecule has 0 saturated heterocycles. The molecule has 19 heavy (non-hydrogen) atoms. The lowest BCUT2D eigenvalue weighted by Gasteiger charge is -2.13. The molecule has 0 atom stereocenters. The summed E-state index contributed by atoms with van der Waals surface area (Å²) in [4.78, 5) is 0. The molecule has 0 saturated carbocycles. The summed E-state index contributed by atoms with van der Waals surface area (Å²) >= 11 is 3.36. The summed E-state index contributed by atoms with van der Waals surface area (Å²) in [7, 11) is -0.427. The van der Waals surface area contributed by atoms with E-state index >= 15 is 0 Å². The fraction of sp³-hybridized carbons (Fsp3) is 0.0769. The first-order valence-corrected chi connectivity index (χ1v) is 6.39. The fourth-order valence-corrected chi connectivity index (χ4v) is 2.01. The molecule has 0 bridgehead atoms. The van der Waals surface area contributed by atoms with E-state index in [9.17, 15) is 4.39 Å². The third-order valence-corrected chi connectivity index (χ3v) is 3.07. The Morgan fingerprint density at radius 1 is 1.16 bits per heavy atom. The van der Waals surface area contributed by atoms with Crippen molar-refractivity contribution in [3.05, 3.63) is 58.3 Å². The third kappa shape index (κ3) is 3.72. The Morgan fingerprint density at radius 3 is 2.58 bits per heavy atom. The van der Waals surface area contributed by atoms with Gasteiger partial charge in [-0.15, -0.1) is 0 Å². The Labute approximate surface area is 119 Å². The predicted molar refractivity (Wildman–Crippen MR) is 74.9 cm³/mol. The standard InChI is InChI=1S/C13H11BBrFO3/c15-11-2-1-3-12(19-14-17)13(11)18-8-9-4-6-10(16)7-5-9/h1-7,14,17H,8H2. The molecule has 3 nitrogen and oxygen atoms in total. The monoisotopic (exact) mass is 324 g/mol. The maximum absolute atomic E-state index is 12.8. The van der Waals surface area contributed by atoms with Crippen LogP contribution < -0.4 is 9.39 Å². The first kappa shape index (κ1) is 13.9. The van der Waals surface area contributed by atoms with E-state index in [-0.39, 0.29) is 12.4 Å². The zero-order valence-electron chi connectivity index (χ0n) is 9.98. The summed E-state index contributed by atoms with van der Waals surface area (Å²) in [6.07, 6.45) is 0. The summed E-state index contributed by atoms with van der Waals surface area (Å²) in [6.45, 7) is 0.282. The van der Waals surface area contributed by atoms with Gasteiger partial charge >= 0.3 is 7.69 Å². The number of hydrogen-bond donors (Lipinski definition) is 1. The van der Waals surface area contributed by atoms with Gasteiger partial charge in [0.1, 0.15) is 18.2 Å². The lowest BCUT2D eigenvalue weighted by atomic mass is 10.2. The van der Waals surface area contributed by atoms with Gasteiger partial charge < -0.3 is 14.4 Å². The molecule has 0 aliphatic rings. The van der Waals surface area contributed by atoms with Crippen LogP contribution in [0.2, 0.25) is 0 Å². The first-order valence-electron chi connectivity index (χ1n) is 5.60. The summed E-state index contributed by atoms with van der Waals surface area (Å²) in [5.74, 6) is 0.661. The molecule has 1 N–H and O–H groups in total. The number of para-hydroxylation sites is 1. The highest BCUT2D eigenvalue weighted by atomic mass is 79.9. The number of halogens is 2. The van der Waals surface area contributed by atoms with Crippen molar-refractivity contribution in [2.24, 2.45) is 0 Å². The van der Waals surface area contributed by atoms with E-state index in [1.54, 1.807) is 24.3 Å². The molecule has 0 aromatic heterocycles. The quantitative estimate of drug-likeness (QED) is 0.860. The molecule has 98 valence electrons. The van der Waals surface area contributed by atoms with Gasteiger partial charge in [-0.05, 0) is 45.8 Å². The molecule has 0 aliphatic heterocycles. The van der Waals surface area contributed by atoms with Gasteiger partial charge in [0, 0.05) is 0 Å². The summed E-state index contributed by atoms with van der Waals surface area (Å²) in [5.41, 5.74) is 0.840. The van der Waals surface area contributed by atoms with Crippen molar-refractivity contribution < 1.29 is 18.8 Å². The second kappa shape index (κ2) is 6.59. The number of hydrogen-bond acceptors (Lipinski definition) is 3. The van der Waals surface area contributed by atoms with Crippen molar-refractivity contribution >= 4 is 23.6 Å². The number of ether oxygens (including phenoxy) is 1. The van der Waals surface area contributed by atoms with Crippen LogP contribution in [0.3, 0.4) is 0 Å². The summed E-state index contributed by atoms with van der Waals surface area (Å²) < 4.78 is 24.2. The average molecular weight is 325 g/mol. The van der Waals surface area contributed by atoms with Crippen molar-refractivity contribution in [2.75, 3.05) is 0 Å². The van der Waals surface area contributed by atoms with Crippen LogP contribution in [-0.4, -0.2) is 12.7 Å². The zero-order valence-corrected chi connectivity index (χ0v) is 11.6. The highest BCUT2D eigenvalue weighted by molar-refractivity contribution is 9.10. The lowest BCUT2D eigenvalue weighted by Crippen LogP contribution is -2.03. The fourth-order valence-electron chi connectivity index (χ4n) is 1.55. The minimum absolute atomic E-state index is 0.282. The van der Waals surface area contributed by atoms with Gasteiger partial charge in [-0.1, -0.05) is 18.2 Å². The normalized spacial score (nSPS) is 10.1. The summed E-state index contributed by atoms with van der Waals surface area (Å²) in [6, 6.07) is 11.3. The minimum Gasteiger partial charge on any atom is -0.536 e. The maximum atomic E-state index is 12.8. The molecular formula is C13H11BBrFO3. The molecule has 2 aromatic carbocycles. The molecule has 0 aliphatic carbocycles. The molecule has 0 amide bonds. The van der Waals surface area contributed by atoms with E-state index in [2.05, 4.69) is 15.9 Å². The Morgan fingerprint density at radius 2 is 1.89 bits per heavy atom. The molecule has 2 rings (SSSR count). The van der Waals surface area contributed by atoms with E-state index in [1.807, 2.05) is 6.07 Å². The van der Waals surface area contributed by atoms with Gasteiger partial charge in [-0.2, -0.15) is 0 Å². The highest BCUT2D eigenvalue weighted by Gasteiger charge is 2.09. The van der Waals surface area contributed by atoms with Crippen molar-refractivity contribution in [3.8, 4) is 11.5 Å². The largest absolute Gasteiger partial charge is 0.536 e. The van der Waals surface area contributed by atoms with Crippen LogP contribution in [0.5, 0.6) is 11.5 Å². The third-order valence-electron chi connectivity index (χ3n) is 2.45. The molecule has 0 radical (unpaired) electrons. The van der Waals surface area contributed by atoms with E-state index in [1.165, 1.54) is 12.1 Å². The van der Waals surface area contributed by atoms with Crippen LogP contribution in [0.25, 0.3) is 0 Å². The molecular weight excluding hydrogens is 314 g/mol. The Bertz CT molecular complexity index is 548. The highest BCUT2D eigenvalue weighted by Crippen LogP contribution is 2.35. The topological polar surface area (TPSA) is 38.7 Å². The SMILES string of the molecule is OBOc1cccc(Br)c1OCc1ccc(F)cc1. The number of rotatable bonds is 5. The van der Waals surface area contributed by atoms with Crippen LogP contribution in [0.1, 0.15) is 5.56 Å². The first-order chi connectivity index (χ1) is 9.20. The van der Waals surface area contributed by atoms with Gasteiger partial charge in [0.25, 0.3) is 0 Å². The zero-order chi connectivity index (χ0) is 13.7. The van der Waals surface area contributed by atoms with Gasteiger partial charge in [0.05, 0.1) is 4.47 Å². The van der Waals surface area contributed by atoms with Crippen LogP contribution in [0.15, 0.2) is 46.9 Å². The van der Waals surface area contributed by atoms with Crippen molar-refractivity contribution in [1.29, 1.82) is 0 Å². The van der Waals surface area contributed by atoms with Gasteiger partial charge in [-0.25, -0.2) is 4.39 Å². The van der Waals surface area contributed by atoms with E-state index in [0.29, 0.717) is 11.5 Å². The van der Waals surface area contributed by atoms with Gasteiger partial charge in [0.2, 0.25) is 0 Å². The smallest absolute Gasteiger partial charge is 0.504 e. The molecule has 0 fully saturated rings. The molecule has 0 heterocycles. The Kier molecular flexibility index (Phi) is 4.82. The number of benzene rings is 2. The second-order valence-electron chi connectivity index (χ2n) is 3.76. The van der Waals surface area contributed by atoms with Gasteiger partial charge in [-0.3, -0.25) is 0 Å². The van der Waals surface area contributed by atoms with Gasteiger partial charge in [0.15, 0.2) is 5.75 Å². The predicted octanol–water partition coefficient (Wildman–Crippen LogP) is 2.80. The molecule has 0 unspecified atom stereocenters. The van der Waals surface area contributed by atoms with Crippen molar-refractivity contribution in [1.82, 2.24) is 0 Å². The molecule has 0 spiro atoms.